The average molecular weight is 430 g/mol. The lowest BCUT2D eigenvalue weighted by atomic mass is 10.1. The summed E-state index contributed by atoms with van der Waals surface area (Å²) in [5.41, 5.74) is -0.419. The maximum atomic E-state index is 13.1. The van der Waals surface area contributed by atoms with Crippen LogP contribution in [-0.2, 0) is 19.1 Å². The molecule has 0 aliphatic carbocycles. The third-order valence-corrected chi connectivity index (χ3v) is 5.67. The molecule has 4 rings (SSSR count). The monoisotopic (exact) mass is 430 g/mol. The Morgan fingerprint density at radius 1 is 1.16 bits per heavy atom. The molecule has 2 saturated heterocycles. The number of urea groups is 1. The Hall–Kier alpha value is -3.14. The van der Waals surface area contributed by atoms with E-state index in [0.717, 1.165) is 4.90 Å². The van der Waals surface area contributed by atoms with Crippen LogP contribution in [0, 0.1) is 0 Å². The first-order valence-corrected chi connectivity index (χ1v) is 10.3. The highest BCUT2D eigenvalue weighted by atomic mass is 16.5. The summed E-state index contributed by atoms with van der Waals surface area (Å²) in [6, 6.07) is 6.52. The van der Waals surface area contributed by atoms with Crippen LogP contribution in [-0.4, -0.2) is 84.6 Å². The van der Waals surface area contributed by atoms with Crippen LogP contribution in [0.4, 0.5) is 10.5 Å². The zero-order valence-corrected chi connectivity index (χ0v) is 17.6. The van der Waals surface area contributed by atoms with Crippen LogP contribution in [0.1, 0.15) is 20.3 Å². The minimum absolute atomic E-state index is 0.0332. The number of nitrogens with one attached hydrogen (secondary N) is 1. The number of hydrogen-bond acceptors (Lipinski definition) is 6. The molecular formula is C21H26N4O6. The summed E-state index contributed by atoms with van der Waals surface area (Å²) >= 11 is 0. The number of fused-ring (bicyclic) bond motifs is 1. The molecule has 1 N–H and O–H groups in total. The molecule has 3 aliphatic heterocycles. The van der Waals surface area contributed by atoms with Gasteiger partial charge in [-0.25, -0.2) is 4.79 Å². The number of hydrogen-bond donors (Lipinski definition) is 1. The van der Waals surface area contributed by atoms with Crippen molar-refractivity contribution in [2.75, 3.05) is 44.3 Å². The van der Waals surface area contributed by atoms with Crippen LogP contribution in [0.5, 0.6) is 5.75 Å². The fourth-order valence-electron chi connectivity index (χ4n) is 3.95. The Morgan fingerprint density at radius 2 is 1.87 bits per heavy atom. The number of imide groups is 1. The number of ether oxygens (including phenoxy) is 2. The molecule has 0 radical (unpaired) electrons. The van der Waals surface area contributed by atoms with Crippen LogP contribution >= 0.6 is 0 Å². The molecule has 5 amide bonds. The minimum atomic E-state index is -0.985. The lowest BCUT2D eigenvalue weighted by Gasteiger charge is -2.37. The number of amides is 5. The van der Waals surface area contributed by atoms with Crippen molar-refractivity contribution in [2.45, 2.75) is 31.9 Å². The van der Waals surface area contributed by atoms with Crippen molar-refractivity contribution >= 4 is 29.4 Å². The first-order valence-electron chi connectivity index (χ1n) is 10.3. The lowest BCUT2D eigenvalue weighted by molar-refractivity contribution is -0.142. The van der Waals surface area contributed by atoms with Gasteiger partial charge in [0.15, 0.2) is 6.10 Å². The minimum Gasteiger partial charge on any atom is -0.476 e. The van der Waals surface area contributed by atoms with Crippen molar-refractivity contribution < 1.29 is 28.7 Å². The maximum Gasteiger partial charge on any atom is 0.325 e. The molecule has 2 fully saturated rings. The third-order valence-electron chi connectivity index (χ3n) is 5.67. The van der Waals surface area contributed by atoms with E-state index in [4.69, 9.17) is 9.47 Å². The molecule has 166 valence electrons. The highest BCUT2D eigenvalue weighted by molar-refractivity contribution is 6.07. The van der Waals surface area contributed by atoms with Gasteiger partial charge in [-0.1, -0.05) is 12.1 Å². The van der Waals surface area contributed by atoms with E-state index >= 15 is 0 Å². The summed E-state index contributed by atoms with van der Waals surface area (Å²) < 4.78 is 11.2. The Labute approximate surface area is 180 Å². The number of nitrogens with zero attached hydrogens (tertiary/aromatic N) is 3. The molecule has 0 saturated carbocycles. The zero-order valence-electron chi connectivity index (χ0n) is 17.6. The second-order valence-electron chi connectivity index (χ2n) is 8.28. The first kappa shape index (κ1) is 21.1. The van der Waals surface area contributed by atoms with E-state index in [9.17, 15) is 19.2 Å². The molecule has 3 heterocycles. The van der Waals surface area contributed by atoms with Crippen molar-refractivity contribution in [3.8, 4) is 5.75 Å². The van der Waals surface area contributed by atoms with Crippen molar-refractivity contribution in [3.63, 3.8) is 0 Å². The van der Waals surface area contributed by atoms with Crippen LogP contribution in [0.15, 0.2) is 24.3 Å². The van der Waals surface area contributed by atoms with Gasteiger partial charge in [0, 0.05) is 26.1 Å². The number of carbonyl (C=O) groups excluding carboxylic acids is 4. The standard InChI is InChI=1S/C21H26N4O6/c1-21(2)19(28)24(20(29)22-21)8-7-17(26)25-13-16(18(27)23-9-11-30-12-10-23)31-15-6-4-3-5-14(15)25/h3-6,16H,7-13H2,1-2H3,(H,22,29). The first-order chi connectivity index (χ1) is 14.8. The van der Waals surface area contributed by atoms with E-state index < -0.39 is 17.7 Å². The molecule has 0 spiro atoms. The van der Waals surface area contributed by atoms with E-state index in [1.54, 1.807) is 43.0 Å². The SMILES string of the molecule is CC1(C)NC(=O)N(CCC(=O)N2CC(C(=O)N3CCOCC3)Oc3ccccc32)C1=O. The molecule has 31 heavy (non-hydrogen) atoms. The molecule has 10 nitrogen and oxygen atoms in total. The van der Waals surface area contributed by atoms with Gasteiger partial charge in [0.25, 0.3) is 11.8 Å². The zero-order chi connectivity index (χ0) is 22.2. The van der Waals surface area contributed by atoms with Gasteiger partial charge in [0.2, 0.25) is 5.91 Å². The second-order valence-corrected chi connectivity index (χ2v) is 8.28. The molecule has 1 atom stereocenters. The third kappa shape index (κ3) is 4.07. The van der Waals surface area contributed by atoms with Crippen molar-refractivity contribution in [1.82, 2.24) is 15.1 Å². The Bertz CT molecular complexity index is 911. The van der Waals surface area contributed by atoms with Crippen molar-refractivity contribution in [3.05, 3.63) is 24.3 Å². The fourth-order valence-corrected chi connectivity index (χ4v) is 3.95. The number of morpholine rings is 1. The molecule has 1 aromatic carbocycles. The summed E-state index contributed by atoms with van der Waals surface area (Å²) in [5, 5.41) is 2.60. The van der Waals surface area contributed by atoms with Crippen LogP contribution in [0.3, 0.4) is 0 Å². The fraction of sp³-hybridized carbons (Fsp3) is 0.524. The van der Waals surface area contributed by atoms with Gasteiger partial charge in [-0.3, -0.25) is 19.3 Å². The van der Waals surface area contributed by atoms with Gasteiger partial charge in [0.05, 0.1) is 25.4 Å². The predicted octanol–water partition coefficient (Wildman–Crippen LogP) is 0.360. The van der Waals surface area contributed by atoms with Crippen LogP contribution in [0.25, 0.3) is 0 Å². The average Bonchev–Trinajstić information content (AvgIpc) is 2.97. The molecule has 1 unspecified atom stereocenters. The highest BCUT2D eigenvalue weighted by Crippen LogP contribution is 2.34. The Morgan fingerprint density at radius 3 is 2.55 bits per heavy atom. The Kier molecular flexibility index (Phi) is 5.57. The quantitative estimate of drug-likeness (QED) is 0.691. The van der Waals surface area contributed by atoms with Crippen LogP contribution < -0.4 is 15.0 Å². The van der Waals surface area contributed by atoms with Gasteiger partial charge in [-0.2, -0.15) is 0 Å². The van der Waals surface area contributed by atoms with Gasteiger partial charge in [-0.15, -0.1) is 0 Å². The summed E-state index contributed by atoms with van der Waals surface area (Å²) in [5.74, 6) is -0.398. The molecule has 1 aromatic rings. The molecule has 0 bridgehead atoms. The second kappa shape index (κ2) is 8.18. The maximum absolute atomic E-state index is 13.1. The Balaban J connectivity index is 1.48. The van der Waals surface area contributed by atoms with E-state index in [1.165, 1.54) is 4.90 Å². The molecular weight excluding hydrogens is 404 g/mol. The van der Waals surface area contributed by atoms with Crippen molar-refractivity contribution in [2.24, 2.45) is 0 Å². The largest absolute Gasteiger partial charge is 0.476 e. The normalized spacial score (nSPS) is 22.6. The van der Waals surface area contributed by atoms with E-state index in [0.29, 0.717) is 37.7 Å². The predicted molar refractivity (Wildman–Crippen MR) is 110 cm³/mol. The van der Waals surface area contributed by atoms with E-state index in [-0.39, 0.29) is 37.2 Å². The topological polar surface area (TPSA) is 108 Å². The number of anilines is 1. The summed E-state index contributed by atoms with van der Waals surface area (Å²) in [4.78, 5) is 54.8. The summed E-state index contributed by atoms with van der Waals surface area (Å²) in [6.45, 7) is 5.18. The van der Waals surface area contributed by atoms with Crippen LogP contribution in [0.2, 0.25) is 0 Å². The van der Waals surface area contributed by atoms with Crippen molar-refractivity contribution in [1.29, 1.82) is 0 Å². The summed E-state index contributed by atoms with van der Waals surface area (Å²) in [7, 11) is 0. The lowest BCUT2D eigenvalue weighted by Crippen LogP contribution is -2.54. The van der Waals surface area contributed by atoms with Gasteiger partial charge < -0.3 is 24.6 Å². The number of rotatable bonds is 4. The smallest absolute Gasteiger partial charge is 0.325 e. The summed E-state index contributed by atoms with van der Waals surface area (Å²) in [6.07, 6.45) is -0.880. The molecule has 10 heteroatoms. The molecule has 3 aliphatic rings. The van der Waals surface area contributed by atoms with Gasteiger partial charge in [-0.05, 0) is 26.0 Å². The number of carbonyl (C=O) groups is 4. The van der Waals surface area contributed by atoms with E-state index in [1.807, 2.05) is 0 Å². The number of para-hydroxylation sites is 2. The van der Waals surface area contributed by atoms with Gasteiger partial charge >= 0.3 is 6.03 Å². The number of benzene rings is 1. The van der Waals surface area contributed by atoms with E-state index in [2.05, 4.69) is 5.32 Å². The van der Waals surface area contributed by atoms with Gasteiger partial charge in [0.1, 0.15) is 11.3 Å². The highest BCUT2D eigenvalue weighted by Gasteiger charge is 2.44. The molecule has 0 aromatic heterocycles.